The van der Waals surface area contributed by atoms with E-state index < -0.39 is 78.6 Å². The van der Waals surface area contributed by atoms with Crippen LogP contribution in [0, 0.1) is 17.7 Å². The minimum Gasteiger partial charge on any atom is -0.369 e. The smallest absolute Gasteiger partial charge is 0.369 e. The number of fused-ring (bicyclic) bond motifs is 3. The van der Waals surface area contributed by atoms with E-state index in [1.807, 2.05) is 0 Å². The van der Waals surface area contributed by atoms with Crippen molar-refractivity contribution in [1.82, 2.24) is 9.88 Å². The second kappa shape index (κ2) is 10.7. The van der Waals surface area contributed by atoms with E-state index in [2.05, 4.69) is 4.98 Å². The van der Waals surface area contributed by atoms with Crippen LogP contribution in [0.1, 0.15) is 55.3 Å². The van der Waals surface area contributed by atoms with Gasteiger partial charge in [0, 0.05) is 30.1 Å². The standard InChI is InChI=1S/C28H27F8N3O4S/c29-19-6-8-20(9-7-19)44(42,43)25-11-12-39(24(41)16-3-1-15(2-4-16)23(37)40)21(25)10-5-17-13-18(14-38-22(17)25)26(30,27(31,32)33)28(34,35)36/h6-9,13-16,21H,1-5,10-12H2,(H2,37,40). The Labute approximate surface area is 246 Å². The van der Waals surface area contributed by atoms with Crippen molar-refractivity contribution in [3.8, 4) is 0 Å². The van der Waals surface area contributed by atoms with Crippen molar-refractivity contribution in [3.63, 3.8) is 0 Å². The summed E-state index contributed by atoms with van der Waals surface area (Å²) in [6.07, 6.45) is -12.3. The van der Waals surface area contributed by atoms with Crippen LogP contribution >= 0.6 is 0 Å². The van der Waals surface area contributed by atoms with Crippen LogP contribution in [0.4, 0.5) is 35.1 Å². The number of nitrogens with two attached hydrogens (primary N) is 1. The fraction of sp³-hybridized carbons (Fsp3) is 0.536. The number of benzene rings is 1. The number of rotatable bonds is 5. The number of carbonyl (C=O) groups excluding carboxylic acids is 2. The average Bonchev–Trinajstić information content (AvgIpc) is 3.37. The molecule has 0 radical (unpaired) electrons. The molecule has 0 bridgehead atoms. The van der Waals surface area contributed by atoms with Gasteiger partial charge in [0.15, 0.2) is 9.84 Å². The van der Waals surface area contributed by atoms with Crippen LogP contribution < -0.4 is 5.73 Å². The van der Waals surface area contributed by atoms with Crippen molar-refractivity contribution < 1.29 is 53.1 Å². The lowest BCUT2D eigenvalue weighted by Gasteiger charge is -2.43. The number of likely N-dealkylation sites (tertiary alicyclic amines) is 1. The molecule has 2 fully saturated rings. The van der Waals surface area contributed by atoms with Gasteiger partial charge in [0.05, 0.1) is 16.6 Å². The average molecular weight is 654 g/mol. The molecule has 3 aliphatic rings. The molecule has 2 heterocycles. The molecule has 5 rings (SSSR count). The zero-order valence-corrected chi connectivity index (χ0v) is 23.7. The van der Waals surface area contributed by atoms with Crippen molar-refractivity contribution in [2.45, 2.75) is 78.7 Å². The second-order valence-electron chi connectivity index (χ2n) is 11.5. The van der Waals surface area contributed by atoms with E-state index in [-0.39, 0.29) is 43.3 Å². The summed E-state index contributed by atoms with van der Waals surface area (Å²) in [7, 11) is -4.64. The Kier molecular flexibility index (Phi) is 7.77. The first-order valence-corrected chi connectivity index (χ1v) is 15.3. The summed E-state index contributed by atoms with van der Waals surface area (Å²) in [5, 5.41) is 0. The topological polar surface area (TPSA) is 110 Å². The molecule has 2 amide bonds. The Bertz CT molecular complexity index is 1560. The van der Waals surface area contributed by atoms with Crippen molar-refractivity contribution in [2.75, 3.05) is 6.54 Å². The van der Waals surface area contributed by atoms with Gasteiger partial charge < -0.3 is 10.6 Å². The fourth-order valence-corrected chi connectivity index (χ4v) is 9.28. The minimum absolute atomic E-state index is 0.0414. The lowest BCUT2D eigenvalue weighted by atomic mass is 9.79. The third-order valence-corrected chi connectivity index (χ3v) is 11.8. The van der Waals surface area contributed by atoms with Gasteiger partial charge in [0.25, 0.3) is 0 Å². The Morgan fingerprint density at radius 1 is 0.909 bits per heavy atom. The highest BCUT2D eigenvalue weighted by atomic mass is 32.2. The molecule has 1 aromatic carbocycles. The quantitative estimate of drug-likeness (QED) is 0.360. The predicted octanol–water partition coefficient (Wildman–Crippen LogP) is 5.02. The Hall–Kier alpha value is -3.30. The Morgan fingerprint density at radius 2 is 1.48 bits per heavy atom. The molecule has 1 saturated heterocycles. The van der Waals surface area contributed by atoms with Gasteiger partial charge >= 0.3 is 18.0 Å². The van der Waals surface area contributed by atoms with Crippen LogP contribution in [0.2, 0.25) is 0 Å². The molecule has 2 atom stereocenters. The summed E-state index contributed by atoms with van der Waals surface area (Å²) in [4.78, 5) is 30.1. The van der Waals surface area contributed by atoms with Crippen LogP contribution in [0.5, 0.6) is 0 Å². The minimum atomic E-state index is -6.40. The molecule has 2 aromatic rings. The van der Waals surface area contributed by atoms with E-state index in [9.17, 15) is 53.1 Å². The first-order chi connectivity index (χ1) is 20.4. The maximum Gasteiger partial charge on any atom is 0.436 e. The molecule has 2 aliphatic carbocycles. The van der Waals surface area contributed by atoms with Gasteiger partial charge in [-0.3, -0.25) is 14.6 Å². The number of aryl methyl sites for hydroxylation is 1. The number of amides is 2. The molecule has 7 nitrogen and oxygen atoms in total. The third-order valence-electron chi connectivity index (χ3n) is 9.24. The number of primary amides is 1. The normalized spacial score (nSPS) is 26.2. The van der Waals surface area contributed by atoms with E-state index >= 15 is 0 Å². The predicted molar refractivity (Wildman–Crippen MR) is 137 cm³/mol. The van der Waals surface area contributed by atoms with E-state index in [0.29, 0.717) is 31.7 Å². The number of halogens is 8. The van der Waals surface area contributed by atoms with Gasteiger partial charge in [-0.25, -0.2) is 17.2 Å². The van der Waals surface area contributed by atoms with Gasteiger partial charge in [-0.05, 0) is 80.8 Å². The first-order valence-electron chi connectivity index (χ1n) is 13.8. The SMILES string of the molecule is NC(=O)C1CCC(C(=O)N2CCC3(S(=O)(=O)c4ccc(F)cc4)c4ncc(C(F)(C(F)(F)F)C(F)(F)F)cc4CCC23)CC1. The highest BCUT2D eigenvalue weighted by Gasteiger charge is 2.74. The summed E-state index contributed by atoms with van der Waals surface area (Å²) in [5.41, 5.74) is -2.97. The summed E-state index contributed by atoms with van der Waals surface area (Å²) >= 11 is 0. The van der Waals surface area contributed by atoms with Crippen molar-refractivity contribution in [2.24, 2.45) is 17.6 Å². The number of alkyl halides is 7. The van der Waals surface area contributed by atoms with Gasteiger partial charge in [0.1, 0.15) is 10.6 Å². The van der Waals surface area contributed by atoms with E-state index in [0.717, 1.165) is 24.3 Å². The molecule has 16 heteroatoms. The molecule has 1 saturated carbocycles. The van der Waals surface area contributed by atoms with Gasteiger partial charge in [-0.1, -0.05) is 0 Å². The maximum atomic E-state index is 14.9. The molecular formula is C28H27F8N3O4S. The lowest BCUT2D eigenvalue weighted by molar-refractivity contribution is -0.348. The summed E-state index contributed by atoms with van der Waals surface area (Å²) in [6, 6.07) is 2.89. The van der Waals surface area contributed by atoms with Gasteiger partial charge in [-0.2, -0.15) is 26.3 Å². The maximum absolute atomic E-state index is 14.9. The second-order valence-corrected chi connectivity index (χ2v) is 13.7. The van der Waals surface area contributed by atoms with Crippen molar-refractivity contribution >= 4 is 21.7 Å². The number of aromatic nitrogens is 1. The molecule has 44 heavy (non-hydrogen) atoms. The van der Waals surface area contributed by atoms with Crippen LogP contribution in [0.25, 0.3) is 0 Å². The highest BCUT2D eigenvalue weighted by Crippen LogP contribution is 2.56. The lowest BCUT2D eigenvalue weighted by Crippen LogP contribution is -2.54. The molecule has 1 aliphatic heterocycles. The van der Waals surface area contributed by atoms with Gasteiger partial charge in [0.2, 0.25) is 11.8 Å². The van der Waals surface area contributed by atoms with Crippen LogP contribution in [0.15, 0.2) is 41.4 Å². The molecule has 2 N–H and O–H groups in total. The number of hydrogen-bond acceptors (Lipinski definition) is 5. The highest BCUT2D eigenvalue weighted by molar-refractivity contribution is 7.92. The number of pyridine rings is 1. The number of hydrogen-bond donors (Lipinski definition) is 1. The van der Waals surface area contributed by atoms with Crippen LogP contribution in [0.3, 0.4) is 0 Å². The van der Waals surface area contributed by atoms with Crippen LogP contribution in [-0.2, 0) is 36.3 Å². The molecule has 0 spiro atoms. The van der Waals surface area contributed by atoms with E-state index in [1.165, 1.54) is 4.90 Å². The summed E-state index contributed by atoms with van der Waals surface area (Å²) < 4.78 is 136. The van der Waals surface area contributed by atoms with Crippen molar-refractivity contribution in [1.29, 1.82) is 0 Å². The molecule has 240 valence electrons. The first kappa shape index (κ1) is 32.1. The molecule has 1 aromatic heterocycles. The number of nitrogens with zero attached hydrogens (tertiary/aromatic N) is 2. The van der Waals surface area contributed by atoms with Crippen LogP contribution in [-0.4, -0.2) is 55.1 Å². The Balaban J connectivity index is 1.62. The summed E-state index contributed by atoms with van der Waals surface area (Å²) in [6.45, 7) is -0.138. The van der Waals surface area contributed by atoms with Crippen molar-refractivity contribution in [3.05, 3.63) is 59.2 Å². The molecule has 2 unspecified atom stereocenters. The number of sulfone groups is 1. The summed E-state index contributed by atoms with van der Waals surface area (Å²) in [5.74, 6) is -2.66. The monoisotopic (exact) mass is 653 g/mol. The van der Waals surface area contributed by atoms with E-state index in [4.69, 9.17) is 5.73 Å². The van der Waals surface area contributed by atoms with Gasteiger partial charge in [-0.15, -0.1) is 0 Å². The number of carbonyl (C=O) groups is 2. The largest absolute Gasteiger partial charge is 0.436 e. The fourth-order valence-electron chi connectivity index (χ4n) is 6.96. The Morgan fingerprint density at radius 3 is 2.02 bits per heavy atom. The third kappa shape index (κ3) is 4.74. The zero-order valence-electron chi connectivity index (χ0n) is 22.9. The zero-order chi connectivity index (χ0) is 32.5. The van der Waals surface area contributed by atoms with E-state index in [1.54, 1.807) is 0 Å². The molecular weight excluding hydrogens is 626 g/mol.